The zero-order chi connectivity index (χ0) is 34.1. The van der Waals surface area contributed by atoms with Gasteiger partial charge in [-0.3, -0.25) is 0 Å². The fourth-order valence-corrected chi connectivity index (χ4v) is 14.0. The summed E-state index contributed by atoms with van der Waals surface area (Å²) in [6.07, 6.45) is 12.1. The Morgan fingerprint density at radius 1 is 0.660 bits per heavy atom. The molecule has 0 saturated carbocycles. The van der Waals surface area contributed by atoms with Crippen LogP contribution >= 0.6 is 0 Å². The van der Waals surface area contributed by atoms with E-state index in [4.69, 9.17) is 0 Å². The summed E-state index contributed by atoms with van der Waals surface area (Å²) in [5, 5.41) is 8.92. The molecule has 0 aliphatic heterocycles. The van der Waals surface area contributed by atoms with E-state index < -0.39 is 16.1 Å². The topological polar surface area (TPSA) is 0 Å². The minimum absolute atomic E-state index is 0. The van der Waals surface area contributed by atoms with E-state index in [2.05, 4.69) is 178 Å². The standard InChI is InChI=1S/C45H53Si2.2ClH.Zr/c1-44(2,3)34-27-33-28-35-39(32-25-19-20-26-32)41(45(4,5)6)43(47(10,11)12)42(46(7,8)9)40(35)38(33)36(29-34)37(30-21-15-13-16-22-30)31-23-17-14-18-24-31;;;/h13-25,27,29H,26H2,1-12H3;2*1H;/q-1;;;+3/p-2. The van der Waals surface area contributed by atoms with E-state index in [1.54, 1.807) is 15.9 Å². The van der Waals surface area contributed by atoms with Gasteiger partial charge in [-0.15, -0.1) is 33.4 Å². The Balaban J connectivity index is 0.00000225. The maximum Gasteiger partial charge on any atom is 3.00 e. The van der Waals surface area contributed by atoms with Gasteiger partial charge in [-0.2, -0.15) is 0 Å². The van der Waals surface area contributed by atoms with Crippen molar-refractivity contribution in [3.05, 3.63) is 145 Å². The van der Waals surface area contributed by atoms with Crippen LogP contribution in [0, 0.1) is 10.4 Å². The first-order valence-electron chi connectivity index (χ1n) is 17.4. The molecule has 1 radical (unpaired) electrons. The van der Waals surface area contributed by atoms with Crippen LogP contribution in [0.1, 0.15) is 81.3 Å². The van der Waals surface area contributed by atoms with Gasteiger partial charge in [-0.05, 0) is 34.0 Å². The first-order chi connectivity index (χ1) is 21.9. The van der Waals surface area contributed by atoms with Gasteiger partial charge in [0.15, 0.2) is 0 Å². The number of hydrogen-bond acceptors (Lipinski definition) is 0. The predicted octanol–water partition coefficient (Wildman–Crippen LogP) is 3.27. The van der Waals surface area contributed by atoms with Crippen molar-refractivity contribution in [1.29, 1.82) is 0 Å². The molecule has 6 rings (SSSR count). The Hall–Kier alpha value is -2.00. The maximum atomic E-state index is 4.19. The molecule has 0 heterocycles. The number of fused-ring (bicyclic) bond motifs is 2. The molecule has 259 valence electrons. The van der Waals surface area contributed by atoms with Crippen molar-refractivity contribution in [2.24, 2.45) is 0 Å². The third kappa shape index (κ3) is 7.84. The Morgan fingerprint density at radius 3 is 1.60 bits per heavy atom. The summed E-state index contributed by atoms with van der Waals surface area (Å²) >= 11 is 0. The number of benzene rings is 4. The van der Waals surface area contributed by atoms with Crippen LogP contribution in [-0.2, 0) is 37.0 Å². The van der Waals surface area contributed by atoms with E-state index in [0.717, 1.165) is 6.42 Å². The number of halogens is 2. The molecule has 0 atom stereocenters. The van der Waals surface area contributed by atoms with Gasteiger partial charge in [0.05, 0.1) is 16.1 Å². The molecule has 0 bridgehead atoms. The second-order valence-corrected chi connectivity index (χ2v) is 27.8. The minimum Gasteiger partial charge on any atom is -1.00 e. The molecule has 50 heavy (non-hydrogen) atoms. The normalized spacial score (nSPS) is 13.6. The quantitative estimate of drug-likeness (QED) is 0.189. The smallest absolute Gasteiger partial charge is 1.00 e. The monoisotopic (exact) mass is 809 g/mol. The number of allylic oxidation sites excluding steroid dienone is 4. The Morgan fingerprint density at radius 2 is 1.18 bits per heavy atom. The summed E-state index contributed by atoms with van der Waals surface area (Å²) in [6, 6.07) is 27.1. The first-order valence-corrected chi connectivity index (χ1v) is 24.4. The molecule has 4 aromatic rings. The molecule has 0 N–H and O–H groups in total. The van der Waals surface area contributed by atoms with Crippen molar-refractivity contribution in [3.8, 4) is 0 Å². The van der Waals surface area contributed by atoms with Gasteiger partial charge in [0.2, 0.25) is 0 Å². The van der Waals surface area contributed by atoms with Crippen LogP contribution in [0.2, 0.25) is 39.3 Å². The molecule has 0 amide bonds. The van der Waals surface area contributed by atoms with E-state index in [9.17, 15) is 0 Å². The van der Waals surface area contributed by atoms with E-state index in [1.807, 2.05) is 0 Å². The van der Waals surface area contributed by atoms with Crippen LogP contribution in [0.4, 0.5) is 0 Å². The SMILES string of the molecule is CC(C)(C)c1cc2c(c(=C(c3ccccc3)c3ccccc3)c1)=c1c([Si](C)(C)C)c([Si](C)(C)C)c(C(C)(C)C)c(C3=CC=CC3)c1=[C-]2.[Cl-].[Cl-].[Zr+3]. The van der Waals surface area contributed by atoms with E-state index in [0.29, 0.717) is 0 Å². The third-order valence-electron chi connectivity index (χ3n) is 9.75. The second-order valence-electron chi connectivity index (χ2n) is 17.8. The van der Waals surface area contributed by atoms with Crippen molar-refractivity contribution >= 4 is 43.7 Å². The molecule has 0 saturated heterocycles. The summed E-state index contributed by atoms with van der Waals surface area (Å²) in [6.45, 7) is 29.9. The van der Waals surface area contributed by atoms with Crippen LogP contribution < -0.4 is 45.6 Å². The number of rotatable bonds is 5. The van der Waals surface area contributed by atoms with Crippen LogP contribution in [0.5, 0.6) is 0 Å². The third-order valence-corrected chi connectivity index (χ3v) is 14.0. The molecule has 5 heteroatoms. The van der Waals surface area contributed by atoms with Crippen molar-refractivity contribution < 1.29 is 51.0 Å². The van der Waals surface area contributed by atoms with E-state index >= 15 is 0 Å². The second kappa shape index (κ2) is 15.2. The van der Waals surface area contributed by atoms with E-state index in [1.165, 1.54) is 59.8 Å². The summed E-state index contributed by atoms with van der Waals surface area (Å²) in [5.41, 5.74) is 10.9. The van der Waals surface area contributed by atoms with Gasteiger partial charge in [0, 0.05) is 0 Å². The summed E-state index contributed by atoms with van der Waals surface area (Å²) in [5.74, 6) is 0. The van der Waals surface area contributed by atoms with Gasteiger partial charge in [0.25, 0.3) is 0 Å². The van der Waals surface area contributed by atoms with Gasteiger partial charge in [0.1, 0.15) is 0 Å². The molecule has 4 aromatic carbocycles. The zero-order valence-electron chi connectivity index (χ0n) is 32.1. The summed E-state index contributed by atoms with van der Waals surface area (Å²) in [7, 11) is -3.75. The van der Waals surface area contributed by atoms with Gasteiger partial charge in [-0.25, -0.2) is 0 Å². The van der Waals surface area contributed by atoms with Gasteiger partial charge < -0.3 is 24.8 Å². The van der Waals surface area contributed by atoms with Gasteiger partial charge >= 0.3 is 26.2 Å². The van der Waals surface area contributed by atoms with Crippen LogP contribution in [0.25, 0.3) is 17.2 Å². The van der Waals surface area contributed by atoms with Crippen molar-refractivity contribution in [3.63, 3.8) is 0 Å². The number of hydrogen-bond donors (Lipinski definition) is 0. The average molecular weight is 812 g/mol. The fraction of sp³-hybridized carbons (Fsp3) is 0.333. The van der Waals surface area contributed by atoms with Crippen molar-refractivity contribution in [2.75, 3.05) is 0 Å². The van der Waals surface area contributed by atoms with E-state index in [-0.39, 0.29) is 61.8 Å². The first kappa shape index (κ1) is 42.4. The van der Waals surface area contributed by atoms with Crippen molar-refractivity contribution in [1.82, 2.24) is 0 Å². The molecular formula is C45H53Cl2Si2Zr. The van der Waals surface area contributed by atoms with Crippen molar-refractivity contribution in [2.45, 2.75) is 98.1 Å². The average Bonchev–Trinajstić information content (AvgIpc) is 3.64. The molecule has 0 unspecified atom stereocenters. The maximum absolute atomic E-state index is 4.19. The van der Waals surface area contributed by atoms with Crippen LogP contribution in [-0.4, -0.2) is 16.1 Å². The Kier molecular flexibility index (Phi) is 12.9. The van der Waals surface area contributed by atoms with Gasteiger partial charge in [-0.1, -0.05) is 204 Å². The van der Waals surface area contributed by atoms with Crippen LogP contribution in [0.3, 0.4) is 0 Å². The molecule has 2 aliphatic rings. The summed E-state index contributed by atoms with van der Waals surface area (Å²) in [4.78, 5) is 0. The summed E-state index contributed by atoms with van der Waals surface area (Å²) < 4.78 is 0. The molecule has 0 aromatic heterocycles. The Bertz CT molecular complexity index is 2130. The fourth-order valence-electron chi connectivity index (χ4n) is 7.79. The molecule has 0 nitrogen and oxygen atoms in total. The molecule has 0 spiro atoms. The van der Waals surface area contributed by atoms with Crippen LogP contribution in [0.15, 0.2) is 91.0 Å². The Labute approximate surface area is 335 Å². The zero-order valence-corrected chi connectivity index (χ0v) is 38.1. The largest absolute Gasteiger partial charge is 3.00 e. The molecule has 0 fully saturated rings. The minimum atomic E-state index is -1.90. The molecule has 2 aliphatic carbocycles. The predicted molar refractivity (Wildman–Crippen MR) is 212 cm³/mol. The molecular weight excluding hydrogens is 759 g/mol.